The Kier molecular flexibility index (Phi) is 3.60. The first-order valence-electron chi connectivity index (χ1n) is 5.98. The van der Waals surface area contributed by atoms with Gasteiger partial charge in [0.25, 0.3) is 5.91 Å². The predicted molar refractivity (Wildman–Crippen MR) is 69.1 cm³/mol. The van der Waals surface area contributed by atoms with Gasteiger partial charge in [0.15, 0.2) is 0 Å². The van der Waals surface area contributed by atoms with Crippen LogP contribution in [-0.2, 0) is 0 Å². The maximum Gasteiger partial charge on any atom is 0.253 e. The minimum atomic E-state index is -0.172. The van der Waals surface area contributed by atoms with Crippen molar-refractivity contribution in [1.82, 2.24) is 5.32 Å². The van der Waals surface area contributed by atoms with E-state index in [4.69, 9.17) is 15.2 Å². The van der Waals surface area contributed by atoms with Crippen molar-refractivity contribution in [2.24, 2.45) is 0 Å². The van der Waals surface area contributed by atoms with E-state index in [-0.39, 0.29) is 11.9 Å². The Labute approximate surface area is 106 Å². The molecule has 0 spiro atoms. The molecule has 2 rings (SSSR count). The van der Waals surface area contributed by atoms with Gasteiger partial charge in [-0.1, -0.05) is 0 Å². The zero-order valence-electron chi connectivity index (χ0n) is 10.7. The summed E-state index contributed by atoms with van der Waals surface area (Å²) in [7, 11) is 3.05. The molecule has 0 atom stereocenters. The molecule has 1 fully saturated rings. The highest BCUT2D eigenvalue weighted by atomic mass is 16.5. The summed E-state index contributed by atoms with van der Waals surface area (Å²) in [4.78, 5) is 12.1. The Morgan fingerprint density at radius 2 is 2.06 bits per heavy atom. The summed E-state index contributed by atoms with van der Waals surface area (Å²) < 4.78 is 10.3. The standard InChI is InChI=1S/C13H18N2O3/c1-17-9-6-10(12(14)11(7-9)18-2)13(16)15-8-4-3-5-8/h6-8H,3-5,14H2,1-2H3,(H,15,16). The number of methoxy groups -OCH3 is 2. The van der Waals surface area contributed by atoms with Crippen LogP contribution in [0.1, 0.15) is 29.6 Å². The van der Waals surface area contributed by atoms with E-state index in [1.807, 2.05) is 0 Å². The average molecular weight is 250 g/mol. The van der Waals surface area contributed by atoms with Gasteiger partial charge in [-0.05, 0) is 25.3 Å². The van der Waals surface area contributed by atoms with Gasteiger partial charge in [0.05, 0.1) is 25.5 Å². The van der Waals surface area contributed by atoms with E-state index in [1.54, 1.807) is 19.2 Å². The van der Waals surface area contributed by atoms with E-state index in [0.717, 1.165) is 12.8 Å². The fourth-order valence-corrected chi connectivity index (χ4v) is 1.89. The van der Waals surface area contributed by atoms with Gasteiger partial charge in [-0.3, -0.25) is 4.79 Å². The second-order valence-corrected chi connectivity index (χ2v) is 4.39. The molecule has 0 saturated heterocycles. The maximum absolute atomic E-state index is 12.1. The molecule has 0 heterocycles. The van der Waals surface area contributed by atoms with Crippen LogP contribution in [0.4, 0.5) is 5.69 Å². The van der Waals surface area contributed by atoms with E-state index in [2.05, 4.69) is 5.32 Å². The minimum Gasteiger partial charge on any atom is -0.497 e. The molecule has 5 nitrogen and oxygen atoms in total. The quantitative estimate of drug-likeness (QED) is 0.795. The lowest BCUT2D eigenvalue weighted by Gasteiger charge is -2.26. The number of carbonyl (C=O) groups excluding carboxylic acids is 1. The summed E-state index contributed by atoms with van der Waals surface area (Å²) in [5.74, 6) is 0.835. The molecule has 1 aromatic rings. The predicted octanol–water partition coefficient (Wildman–Crippen LogP) is 1.57. The molecular weight excluding hydrogens is 232 g/mol. The zero-order chi connectivity index (χ0) is 13.1. The third-order valence-corrected chi connectivity index (χ3v) is 3.26. The van der Waals surface area contributed by atoms with Crippen LogP contribution in [0.2, 0.25) is 0 Å². The van der Waals surface area contributed by atoms with Crippen molar-refractivity contribution in [3.05, 3.63) is 17.7 Å². The lowest BCUT2D eigenvalue weighted by molar-refractivity contribution is 0.0917. The number of ether oxygens (including phenoxy) is 2. The molecular formula is C13H18N2O3. The number of carbonyl (C=O) groups is 1. The number of benzene rings is 1. The fourth-order valence-electron chi connectivity index (χ4n) is 1.89. The Bertz CT molecular complexity index is 456. The molecule has 1 saturated carbocycles. The van der Waals surface area contributed by atoms with Crippen LogP contribution in [0.3, 0.4) is 0 Å². The fraction of sp³-hybridized carbons (Fsp3) is 0.462. The van der Waals surface area contributed by atoms with Gasteiger partial charge < -0.3 is 20.5 Å². The average Bonchev–Trinajstić information content (AvgIpc) is 2.33. The van der Waals surface area contributed by atoms with Gasteiger partial charge in [-0.2, -0.15) is 0 Å². The second-order valence-electron chi connectivity index (χ2n) is 4.39. The first-order chi connectivity index (χ1) is 8.65. The van der Waals surface area contributed by atoms with Crippen LogP contribution >= 0.6 is 0 Å². The summed E-state index contributed by atoms with van der Waals surface area (Å²) in [5.41, 5.74) is 6.66. The summed E-state index contributed by atoms with van der Waals surface area (Å²) in [6.07, 6.45) is 3.24. The Balaban J connectivity index is 2.26. The normalized spacial score (nSPS) is 14.8. The molecule has 1 aromatic carbocycles. The highest BCUT2D eigenvalue weighted by molar-refractivity contribution is 6.01. The number of hydrogen-bond acceptors (Lipinski definition) is 4. The number of rotatable bonds is 4. The molecule has 1 aliphatic carbocycles. The van der Waals surface area contributed by atoms with Crippen LogP contribution < -0.4 is 20.5 Å². The van der Waals surface area contributed by atoms with Crippen molar-refractivity contribution in [3.8, 4) is 11.5 Å². The number of amides is 1. The zero-order valence-corrected chi connectivity index (χ0v) is 10.7. The van der Waals surface area contributed by atoms with Crippen LogP contribution in [0, 0.1) is 0 Å². The number of nitrogens with one attached hydrogen (secondary N) is 1. The molecule has 5 heteroatoms. The largest absolute Gasteiger partial charge is 0.497 e. The number of hydrogen-bond donors (Lipinski definition) is 2. The van der Waals surface area contributed by atoms with Gasteiger partial charge in [-0.25, -0.2) is 0 Å². The molecule has 0 aliphatic heterocycles. The third-order valence-electron chi connectivity index (χ3n) is 3.26. The van der Waals surface area contributed by atoms with Gasteiger partial charge in [0.1, 0.15) is 11.5 Å². The maximum atomic E-state index is 12.1. The van der Waals surface area contributed by atoms with E-state index in [1.165, 1.54) is 13.5 Å². The van der Waals surface area contributed by atoms with Crippen LogP contribution in [-0.4, -0.2) is 26.2 Å². The van der Waals surface area contributed by atoms with E-state index in [0.29, 0.717) is 22.7 Å². The van der Waals surface area contributed by atoms with Crippen molar-refractivity contribution in [2.75, 3.05) is 20.0 Å². The van der Waals surface area contributed by atoms with Crippen molar-refractivity contribution in [3.63, 3.8) is 0 Å². The van der Waals surface area contributed by atoms with Gasteiger partial charge in [-0.15, -0.1) is 0 Å². The summed E-state index contributed by atoms with van der Waals surface area (Å²) in [5, 5.41) is 2.95. The third kappa shape index (κ3) is 2.34. The van der Waals surface area contributed by atoms with E-state index < -0.39 is 0 Å². The molecule has 0 radical (unpaired) electrons. The van der Waals surface area contributed by atoms with Crippen molar-refractivity contribution in [2.45, 2.75) is 25.3 Å². The monoisotopic (exact) mass is 250 g/mol. The smallest absolute Gasteiger partial charge is 0.253 e. The van der Waals surface area contributed by atoms with Gasteiger partial charge in [0, 0.05) is 12.1 Å². The molecule has 0 unspecified atom stereocenters. The first kappa shape index (κ1) is 12.5. The Morgan fingerprint density at radius 3 is 2.56 bits per heavy atom. The summed E-state index contributed by atoms with van der Waals surface area (Å²) in [6, 6.07) is 3.57. The molecule has 98 valence electrons. The van der Waals surface area contributed by atoms with Crippen LogP contribution in [0.25, 0.3) is 0 Å². The minimum absolute atomic E-state index is 0.172. The molecule has 1 amide bonds. The highest BCUT2D eigenvalue weighted by Crippen LogP contribution is 2.31. The van der Waals surface area contributed by atoms with Gasteiger partial charge in [0.2, 0.25) is 0 Å². The van der Waals surface area contributed by atoms with Crippen LogP contribution in [0.5, 0.6) is 11.5 Å². The number of nitrogens with two attached hydrogens (primary N) is 1. The first-order valence-corrected chi connectivity index (χ1v) is 5.98. The molecule has 3 N–H and O–H groups in total. The molecule has 0 aromatic heterocycles. The van der Waals surface area contributed by atoms with Crippen LogP contribution in [0.15, 0.2) is 12.1 Å². The van der Waals surface area contributed by atoms with Crippen molar-refractivity contribution < 1.29 is 14.3 Å². The summed E-state index contributed by atoms with van der Waals surface area (Å²) in [6.45, 7) is 0. The van der Waals surface area contributed by atoms with E-state index in [9.17, 15) is 4.79 Å². The van der Waals surface area contributed by atoms with Gasteiger partial charge >= 0.3 is 0 Å². The lowest BCUT2D eigenvalue weighted by atomic mass is 9.93. The van der Waals surface area contributed by atoms with E-state index >= 15 is 0 Å². The topological polar surface area (TPSA) is 73.6 Å². The summed E-state index contributed by atoms with van der Waals surface area (Å²) >= 11 is 0. The molecule has 18 heavy (non-hydrogen) atoms. The lowest BCUT2D eigenvalue weighted by Crippen LogP contribution is -2.39. The molecule has 1 aliphatic rings. The SMILES string of the molecule is COc1cc(OC)c(N)c(C(=O)NC2CCC2)c1. The van der Waals surface area contributed by atoms with Crippen molar-refractivity contribution >= 4 is 11.6 Å². The number of anilines is 1. The second kappa shape index (κ2) is 5.16. The molecule has 0 bridgehead atoms. The van der Waals surface area contributed by atoms with Crippen molar-refractivity contribution in [1.29, 1.82) is 0 Å². The Hall–Kier alpha value is -1.91. The Morgan fingerprint density at radius 1 is 1.33 bits per heavy atom. The number of nitrogen functional groups attached to an aromatic ring is 1. The highest BCUT2D eigenvalue weighted by Gasteiger charge is 2.22.